The Morgan fingerprint density at radius 3 is 2.24 bits per heavy atom. The highest BCUT2D eigenvalue weighted by Crippen LogP contribution is 2.40. The second-order valence-electron chi connectivity index (χ2n) is 13.9. The minimum atomic E-state index is -3.65. The van der Waals surface area contributed by atoms with Crippen LogP contribution in [0, 0.1) is 0 Å². The maximum atomic E-state index is 13.5. The van der Waals surface area contributed by atoms with Gasteiger partial charge in [-0.1, -0.05) is 45.0 Å². The van der Waals surface area contributed by atoms with Crippen molar-refractivity contribution in [3.63, 3.8) is 0 Å². The normalized spacial score (nSPS) is 11.4. The van der Waals surface area contributed by atoms with Gasteiger partial charge in [-0.05, 0) is 41.3 Å². The molecule has 0 aliphatic heterocycles. The summed E-state index contributed by atoms with van der Waals surface area (Å²) in [5.41, 5.74) is 2.07. The molecule has 0 saturated heterocycles. The Bertz CT molecular complexity index is 2350. The van der Waals surface area contributed by atoms with Gasteiger partial charge in [0.2, 0.25) is 10.0 Å². The molecule has 0 bridgehead atoms. The number of pyridine rings is 1. The van der Waals surface area contributed by atoms with E-state index in [1.54, 1.807) is 67.9 Å². The number of hydrogen-bond donors (Lipinski definition) is 5. The van der Waals surface area contributed by atoms with E-state index in [0.29, 0.717) is 64.5 Å². The predicted molar refractivity (Wildman–Crippen MR) is 229 cm³/mol. The van der Waals surface area contributed by atoms with Gasteiger partial charge in [0, 0.05) is 52.7 Å². The number of amides is 2. The largest absolute Gasteiger partial charge is 0.497 e. The third kappa shape index (κ3) is 12.5. The van der Waals surface area contributed by atoms with Gasteiger partial charge < -0.3 is 44.7 Å². The fourth-order valence-electron chi connectivity index (χ4n) is 5.66. The molecule has 17 heteroatoms. The van der Waals surface area contributed by atoms with E-state index in [0.717, 1.165) is 17.2 Å². The summed E-state index contributed by atoms with van der Waals surface area (Å²) in [5.74, 6) is 2.59. The summed E-state index contributed by atoms with van der Waals surface area (Å²) in [6, 6.07) is 22.7. The number of nitrogens with one attached hydrogen (secondary N) is 4. The number of carbonyl (C=O) groups is 2. The number of rotatable bonds is 19. The molecule has 1 heterocycles. The number of ether oxygens (including phenoxy) is 5. The second-order valence-corrected chi connectivity index (χ2v) is 16.7. The van der Waals surface area contributed by atoms with Gasteiger partial charge >= 0.3 is 12.0 Å². The second kappa shape index (κ2) is 19.5. The van der Waals surface area contributed by atoms with Crippen molar-refractivity contribution < 1.29 is 46.8 Å². The van der Waals surface area contributed by atoms with E-state index in [9.17, 15) is 18.0 Å². The monoisotopic (exact) mass is 833 g/mol. The van der Waals surface area contributed by atoms with Gasteiger partial charge in [0.15, 0.2) is 5.75 Å². The van der Waals surface area contributed by atoms with Gasteiger partial charge in [-0.3, -0.25) is 9.52 Å². The quantitative estimate of drug-likeness (QED) is 0.0499. The van der Waals surface area contributed by atoms with E-state index in [1.807, 2.05) is 45.0 Å². The summed E-state index contributed by atoms with van der Waals surface area (Å²) in [6.45, 7) is 6.98. The van der Waals surface area contributed by atoms with Crippen LogP contribution in [0.4, 0.5) is 33.4 Å². The molecule has 0 fully saturated rings. The lowest BCUT2D eigenvalue weighted by atomic mass is 9.86. The highest BCUT2D eigenvalue weighted by molar-refractivity contribution is 7.99. The van der Waals surface area contributed by atoms with Crippen molar-refractivity contribution in [2.24, 2.45) is 0 Å². The Balaban J connectivity index is 1.28. The zero-order chi connectivity index (χ0) is 41.9. The molecule has 5 aromatic rings. The zero-order valence-corrected chi connectivity index (χ0v) is 34.6. The minimum absolute atomic E-state index is 0.0398. The van der Waals surface area contributed by atoms with E-state index in [4.69, 9.17) is 28.8 Å². The zero-order valence-electron chi connectivity index (χ0n) is 33.0. The molecule has 0 aliphatic rings. The van der Waals surface area contributed by atoms with Gasteiger partial charge in [0.25, 0.3) is 0 Å². The first-order valence-corrected chi connectivity index (χ1v) is 21.1. The number of carbonyl (C=O) groups excluding carboxylic acids is 1. The number of aliphatic carboxylic acids is 1. The van der Waals surface area contributed by atoms with Crippen LogP contribution in [0.5, 0.6) is 28.7 Å². The SMILES string of the molecule is COc1cc(Nc2cc(Oc3ccc(NC(=O)Nc4cc(C(C)(C)C)cc(NS(C)(=O)=O)c4OC)c4ccccc34)ccn2)cc(OCCOCCSCC(=O)O)c1. The molecule has 58 heavy (non-hydrogen) atoms. The van der Waals surface area contributed by atoms with Crippen LogP contribution >= 0.6 is 11.8 Å². The topological polar surface area (TPSA) is 196 Å². The number of urea groups is 1. The number of aromatic nitrogens is 1. The maximum Gasteiger partial charge on any atom is 0.323 e. The van der Waals surface area contributed by atoms with Gasteiger partial charge in [0.1, 0.15) is 35.4 Å². The molecule has 1 aromatic heterocycles. The summed E-state index contributed by atoms with van der Waals surface area (Å²) in [7, 11) is -0.686. The summed E-state index contributed by atoms with van der Waals surface area (Å²) >= 11 is 1.29. The van der Waals surface area contributed by atoms with E-state index in [1.165, 1.54) is 18.9 Å². The number of carboxylic acid groups (broad SMARTS) is 1. The van der Waals surface area contributed by atoms with Crippen molar-refractivity contribution in [2.45, 2.75) is 26.2 Å². The van der Waals surface area contributed by atoms with E-state index < -0.39 is 22.0 Å². The van der Waals surface area contributed by atoms with Crippen LogP contribution in [0.15, 0.2) is 85.1 Å². The molecule has 2 amide bonds. The van der Waals surface area contributed by atoms with Gasteiger partial charge in [-0.15, -0.1) is 11.8 Å². The third-order valence-corrected chi connectivity index (χ3v) is 9.77. The Morgan fingerprint density at radius 2 is 1.53 bits per heavy atom. The van der Waals surface area contributed by atoms with E-state index in [-0.39, 0.29) is 34.9 Å². The summed E-state index contributed by atoms with van der Waals surface area (Å²) in [5, 5.41) is 19.2. The first-order valence-electron chi connectivity index (χ1n) is 18.0. The van der Waals surface area contributed by atoms with Gasteiger partial charge in [-0.2, -0.15) is 0 Å². The molecule has 0 aliphatic carbocycles. The molecule has 0 radical (unpaired) electrons. The molecular formula is C41H47N5O10S2. The molecule has 15 nitrogen and oxygen atoms in total. The molecule has 0 unspecified atom stereocenters. The summed E-state index contributed by atoms with van der Waals surface area (Å²) in [6.07, 6.45) is 2.66. The Hall–Kier alpha value is -5.91. The number of anilines is 5. The number of fused-ring (bicyclic) bond motifs is 1. The molecule has 0 saturated carbocycles. The number of methoxy groups -OCH3 is 2. The average Bonchev–Trinajstić information content (AvgIpc) is 3.15. The average molecular weight is 834 g/mol. The molecular weight excluding hydrogens is 787 g/mol. The lowest BCUT2D eigenvalue weighted by Gasteiger charge is -2.24. The van der Waals surface area contributed by atoms with Crippen LogP contribution in [0.3, 0.4) is 0 Å². The minimum Gasteiger partial charge on any atom is -0.497 e. The first-order chi connectivity index (χ1) is 27.6. The van der Waals surface area contributed by atoms with Crippen molar-refractivity contribution in [3.8, 4) is 28.7 Å². The fraction of sp³-hybridized carbons (Fsp3) is 0.293. The molecule has 308 valence electrons. The smallest absolute Gasteiger partial charge is 0.323 e. The van der Waals surface area contributed by atoms with Gasteiger partial charge in [-0.25, -0.2) is 18.2 Å². The van der Waals surface area contributed by atoms with Crippen molar-refractivity contribution >= 4 is 73.1 Å². The molecule has 4 aromatic carbocycles. The lowest BCUT2D eigenvalue weighted by Crippen LogP contribution is -2.22. The Labute approximate surface area is 341 Å². The van der Waals surface area contributed by atoms with Crippen LogP contribution in [0.1, 0.15) is 26.3 Å². The van der Waals surface area contributed by atoms with Crippen molar-refractivity contribution in [2.75, 3.05) is 72.5 Å². The van der Waals surface area contributed by atoms with E-state index >= 15 is 0 Å². The van der Waals surface area contributed by atoms with Crippen molar-refractivity contribution in [3.05, 3.63) is 90.6 Å². The standard InChI is InChI=1S/C41H47N5O10S2/c1-41(2,3)26-19-34(39(53-5)35(20-26)46-58(6,50)51)45-40(49)44-33-11-12-36(32-10-8-7-9-31(32)33)56-28-13-14-42-37(24-28)43-27-21-29(52-4)23-30(22-27)55-16-15-54-17-18-57-25-38(47)48/h7-14,19-24,46H,15-18,25H2,1-6H3,(H,42,43)(H,47,48)(H2,44,45,49). The van der Waals surface area contributed by atoms with Crippen LogP contribution in [0.25, 0.3) is 10.8 Å². The van der Waals surface area contributed by atoms with Crippen LogP contribution < -0.4 is 39.6 Å². The van der Waals surface area contributed by atoms with Crippen LogP contribution in [-0.2, 0) is 25.0 Å². The molecule has 0 atom stereocenters. The van der Waals surface area contributed by atoms with Crippen LogP contribution in [0.2, 0.25) is 0 Å². The van der Waals surface area contributed by atoms with Gasteiger partial charge in [0.05, 0.1) is 56.5 Å². The molecule has 0 spiro atoms. The molecule has 5 N–H and O–H groups in total. The summed E-state index contributed by atoms with van der Waals surface area (Å²) < 4.78 is 55.6. The maximum absolute atomic E-state index is 13.5. The highest BCUT2D eigenvalue weighted by atomic mass is 32.2. The number of benzene rings is 4. The number of thioether (sulfide) groups is 1. The van der Waals surface area contributed by atoms with Crippen molar-refractivity contribution in [1.82, 2.24) is 4.98 Å². The fourth-order valence-corrected chi connectivity index (χ4v) is 6.76. The first kappa shape index (κ1) is 43.2. The number of carboxylic acids is 1. The molecule has 5 rings (SSSR count). The van der Waals surface area contributed by atoms with Crippen molar-refractivity contribution in [1.29, 1.82) is 0 Å². The number of sulfonamides is 1. The Morgan fingerprint density at radius 1 is 0.810 bits per heavy atom. The lowest BCUT2D eigenvalue weighted by molar-refractivity contribution is -0.133. The third-order valence-electron chi connectivity index (χ3n) is 8.28. The predicted octanol–water partition coefficient (Wildman–Crippen LogP) is 8.31. The number of hydrogen-bond acceptors (Lipinski definition) is 12. The summed E-state index contributed by atoms with van der Waals surface area (Å²) in [4.78, 5) is 28.6. The highest BCUT2D eigenvalue weighted by Gasteiger charge is 2.23. The number of nitrogens with zero attached hydrogens (tertiary/aromatic N) is 1. The van der Waals surface area contributed by atoms with Crippen LogP contribution in [-0.4, -0.2) is 82.3 Å². The van der Waals surface area contributed by atoms with E-state index in [2.05, 4.69) is 25.7 Å². The Kier molecular flexibility index (Phi) is 14.5.